The molecule has 0 bridgehead atoms. The summed E-state index contributed by atoms with van der Waals surface area (Å²) in [7, 11) is 0. The van der Waals surface area contributed by atoms with Gasteiger partial charge < -0.3 is 4.74 Å². The Morgan fingerprint density at radius 3 is 2.67 bits per heavy atom. The first-order chi connectivity index (χ1) is 10.2. The number of nitrogens with two attached hydrogens (primary N) is 1. The van der Waals surface area contributed by atoms with Gasteiger partial charge >= 0.3 is 0 Å². The Balaban J connectivity index is 1.90. The molecule has 2 aromatic rings. The molecule has 2 rings (SSSR count). The molecule has 0 aliphatic rings. The van der Waals surface area contributed by atoms with Crippen LogP contribution >= 0.6 is 23.4 Å². The van der Waals surface area contributed by atoms with Crippen LogP contribution in [0.25, 0.3) is 0 Å². The quantitative estimate of drug-likeness (QED) is 0.282. The highest BCUT2D eigenvalue weighted by atomic mass is 35.5. The summed E-state index contributed by atoms with van der Waals surface area (Å²) in [6.45, 7) is 0.463. The number of para-hydroxylation sites is 1. The fourth-order valence-electron chi connectivity index (χ4n) is 1.72. The molecule has 0 aliphatic heterocycles. The molecule has 2 aromatic carbocycles. The minimum Gasteiger partial charge on any atom is -0.492 e. The number of benzene rings is 2. The van der Waals surface area contributed by atoms with Crippen LogP contribution in [0.1, 0.15) is 10.4 Å². The van der Waals surface area contributed by atoms with Crippen molar-refractivity contribution in [3.8, 4) is 5.75 Å². The van der Waals surface area contributed by atoms with Gasteiger partial charge in [-0.2, -0.15) is 0 Å². The number of hydrogen-bond acceptors (Lipinski definition) is 4. The number of thioether (sulfide) groups is 1. The molecule has 0 aliphatic carbocycles. The number of nitrogens with one attached hydrogen (secondary N) is 1. The number of ether oxygens (including phenoxy) is 1. The molecule has 6 heteroatoms. The van der Waals surface area contributed by atoms with Crippen LogP contribution in [-0.2, 0) is 0 Å². The Morgan fingerprint density at radius 2 is 1.90 bits per heavy atom. The molecule has 0 unspecified atom stereocenters. The van der Waals surface area contributed by atoms with E-state index in [0.29, 0.717) is 17.9 Å². The van der Waals surface area contributed by atoms with Crippen molar-refractivity contribution in [3.05, 3.63) is 59.1 Å². The first-order valence-electron chi connectivity index (χ1n) is 6.32. The maximum atomic E-state index is 11.6. The van der Waals surface area contributed by atoms with E-state index >= 15 is 0 Å². The summed E-state index contributed by atoms with van der Waals surface area (Å²) in [6, 6.07) is 14.6. The van der Waals surface area contributed by atoms with E-state index in [1.54, 1.807) is 30.0 Å². The van der Waals surface area contributed by atoms with E-state index in [2.05, 4.69) is 5.43 Å². The average Bonchev–Trinajstić information content (AvgIpc) is 2.52. The highest BCUT2D eigenvalue weighted by molar-refractivity contribution is 7.99. The Labute approximate surface area is 132 Å². The Morgan fingerprint density at radius 1 is 1.19 bits per heavy atom. The van der Waals surface area contributed by atoms with Crippen molar-refractivity contribution in [2.24, 2.45) is 5.84 Å². The number of carbonyl (C=O) groups is 1. The third kappa shape index (κ3) is 4.39. The number of nitrogen functional groups attached to an aromatic ring is 1. The van der Waals surface area contributed by atoms with Gasteiger partial charge in [0.25, 0.3) is 5.91 Å². The van der Waals surface area contributed by atoms with Crippen molar-refractivity contribution in [3.63, 3.8) is 0 Å². The van der Waals surface area contributed by atoms with Gasteiger partial charge in [-0.05, 0) is 24.3 Å². The summed E-state index contributed by atoms with van der Waals surface area (Å²) < 4.78 is 5.64. The maximum absolute atomic E-state index is 11.6. The normalized spacial score (nSPS) is 10.2. The monoisotopic (exact) mass is 322 g/mol. The average molecular weight is 323 g/mol. The van der Waals surface area contributed by atoms with Gasteiger partial charge in [-0.15, -0.1) is 11.8 Å². The van der Waals surface area contributed by atoms with Gasteiger partial charge in [-0.25, -0.2) is 5.84 Å². The van der Waals surface area contributed by atoms with Crippen LogP contribution in [0.2, 0.25) is 5.02 Å². The Kier molecular flexibility index (Phi) is 5.92. The van der Waals surface area contributed by atoms with Crippen molar-refractivity contribution in [1.29, 1.82) is 0 Å². The molecule has 0 fully saturated rings. The van der Waals surface area contributed by atoms with Crippen LogP contribution in [0.3, 0.4) is 0 Å². The summed E-state index contributed by atoms with van der Waals surface area (Å²) in [6.07, 6.45) is 0. The summed E-state index contributed by atoms with van der Waals surface area (Å²) in [5.41, 5.74) is 2.52. The molecule has 21 heavy (non-hydrogen) atoms. The van der Waals surface area contributed by atoms with Crippen LogP contribution in [0.5, 0.6) is 5.75 Å². The maximum Gasteiger partial charge on any atom is 0.268 e. The van der Waals surface area contributed by atoms with Crippen molar-refractivity contribution >= 4 is 29.3 Å². The van der Waals surface area contributed by atoms with Crippen molar-refractivity contribution in [2.45, 2.75) is 4.90 Å². The number of hydrogen-bond donors (Lipinski definition) is 2. The molecule has 1 amide bonds. The van der Waals surface area contributed by atoms with Crippen LogP contribution < -0.4 is 16.0 Å². The largest absolute Gasteiger partial charge is 0.492 e. The van der Waals surface area contributed by atoms with Crippen molar-refractivity contribution < 1.29 is 9.53 Å². The van der Waals surface area contributed by atoms with Gasteiger partial charge in [0, 0.05) is 10.6 Å². The Hall–Kier alpha value is -1.69. The van der Waals surface area contributed by atoms with Gasteiger partial charge in [-0.1, -0.05) is 35.9 Å². The molecule has 0 heterocycles. The van der Waals surface area contributed by atoms with Crippen molar-refractivity contribution in [2.75, 3.05) is 12.4 Å². The summed E-state index contributed by atoms with van der Waals surface area (Å²) >= 11 is 7.68. The van der Waals surface area contributed by atoms with E-state index in [4.69, 9.17) is 22.2 Å². The summed E-state index contributed by atoms with van der Waals surface area (Å²) in [5, 5.41) is 0.727. The second kappa shape index (κ2) is 7.93. The number of amides is 1. The molecule has 0 spiro atoms. The van der Waals surface area contributed by atoms with E-state index in [0.717, 1.165) is 15.7 Å². The predicted molar refractivity (Wildman–Crippen MR) is 85.8 cm³/mol. The van der Waals surface area contributed by atoms with Crippen LogP contribution in [0, 0.1) is 0 Å². The number of hydrazine groups is 1. The standard InChI is InChI=1S/C15H15ClN2O2S/c16-12-6-2-4-8-14(12)21-10-9-20-13-7-3-1-5-11(13)15(19)18-17/h1-8H,9-10,17H2,(H,18,19). The lowest BCUT2D eigenvalue weighted by molar-refractivity contribution is 0.0950. The molecule has 4 nitrogen and oxygen atoms in total. The third-order valence-corrected chi connectivity index (χ3v) is 4.18. The van der Waals surface area contributed by atoms with Crippen LogP contribution in [0.15, 0.2) is 53.4 Å². The van der Waals surface area contributed by atoms with E-state index in [1.165, 1.54) is 0 Å². The van der Waals surface area contributed by atoms with E-state index in [-0.39, 0.29) is 5.91 Å². The van der Waals surface area contributed by atoms with Gasteiger partial charge in [0.1, 0.15) is 5.75 Å². The molecule has 0 saturated heterocycles. The molecular formula is C15H15ClN2O2S. The molecule has 110 valence electrons. The summed E-state index contributed by atoms with van der Waals surface area (Å²) in [4.78, 5) is 12.6. The Bertz CT molecular complexity index is 622. The minimum atomic E-state index is -0.371. The SMILES string of the molecule is NNC(=O)c1ccccc1OCCSc1ccccc1Cl. The lowest BCUT2D eigenvalue weighted by Crippen LogP contribution is -2.30. The van der Waals surface area contributed by atoms with E-state index in [1.807, 2.05) is 30.3 Å². The van der Waals surface area contributed by atoms with E-state index in [9.17, 15) is 4.79 Å². The van der Waals surface area contributed by atoms with Crippen molar-refractivity contribution in [1.82, 2.24) is 5.43 Å². The zero-order chi connectivity index (χ0) is 15.1. The molecule has 3 N–H and O–H groups in total. The zero-order valence-corrected chi connectivity index (χ0v) is 12.8. The molecular weight excluding hydrogens is 308 g/mol. The van der Waals surface area contributed by atoms with Crippen LogP contribution in [0.4, 0.5) is 0 Å². The highest BCUT2D eigenvalue weighted by Gasteiger charge is 2.10. The fourth-order valence-corrected chi connectivity index (χ4v) is 2.79. The molecule has 0 radical (unpaired) electrons. The van der Waals surface area contributed by atoms with Gasteiger partial charge in [0.2, 0.25) is 0 Å². The summed E-state index contributed by atoms with van der Waals surface area (Å²) in [5.74, 6) is 6.01. The number of halogens is 1. The third-order valence-electron chi connectivity index (χ3n) is 2.70. The van der Waals surface area contributed by atoms with E-state index < -0.39 is 0 Å². The second-order valence-corrected chi connectivity index (χ2v) is 5.64. The molecule has 0 aromatic heterocycles. The topological polar surface area (TPSA) is 64.3 Å². The fraction of sp³-hybridized carbons (Fsp3) is 0.133. The van der Waals surface area contributed by atoms with Crippen LogP contribution in [-0.4, -0.2) is 18.3 Å². The zero-order valence-electron chi connectivity index (χ0n) is 11.2. The van der Waals surface area contributed by atoms with Gasteiger partial charge in [0.15, 0.2) is 0 Å². The van der Waals surface area contributed by atoms with Gasteiger partial charge in [0.05, 0.1) is 17.2 Å². The first kappa shape index (κ1) is 15.7. The molecule has 0 atom stereocenters. The number of rotatable bonds is 6. The predicted octanol–water partition coefficient (Wildman–Crippen LogP) is 3.11. The smallest absolute Gasteiger partial charge is 0.268 e. The lowest BCUT2D eigenvalue weighted by atomic mass is 10.2. The molecule has 0 saturated carbocycles. The lowest BCUT2D eigenvalue weighted by Gasteiger charge is -2.10. The highest BCUT2D eigenvalue weighted by Crippen LogP contribution is 2.26. The minimum absolute atomic E-state index is 0.371. The second-order valence-electron chi connectivity index (χ2n) is 4.10. The number of carbonyl (C=O) groups excluding carboxylic acids is 1. The first-order valence-corrected chi connectivity index (χ1v) is 7.69. The van der Waals surface area contributed by atoms with Gasteiger partial charge in [-0.3, -0.25) is 10.2 Å².